The molecule has 0 heterocycles. The second kappa shape index (κ2) is 6.54. The van der Waals surface area contributed by atoms with Gasteiger partial charge in [0, 0.05) is 18.3 Å². The van der Waals surface area contributed by atoms with E-state index in [0.717, 1.165) is 6.42 Å². The van der Waals surface area contributed by atoms with Crippen molar-refractivity contribution in [1.82, 2.24) is 5.32 Å². The highest BCUT2D eigenvalue weighted by atomic mass is 35.5. The number of halogens is 1. The van der Waals surface area contributed by atoms with Crippen molar-refractivity contribution in [2.24, 2.45) is 0 Å². The Morgan fingerprint density at radius 1 is 1.44 bits per heavy atom. The van der Waals surface area contributed by atoms with Crippen molar-refractivity contribution in [3.8, 4) is 0 Å². The van der Waals surface area contributed by atoms with Crippen LogP contribution in [0.1, 0.15) is 24.5 Å². The SMILES string of the molecule is Cc1ccccc1CCC(=O)NC(C)CCl. The third-order valence-corrected chi connectivity index (χ3v) is 2.98. The van der Waals surface area contributed by atoms with E-state index in [0.29, 0.717) is 12.3 Å². The molecule has 2 nitrogen and oxygen atoms in total. The largest absolute Gasteiger partial charge is 0.352 e. The van der Waals surface area contributed by atoms with E-state index in [4.69, 9.17) is 11.6 Å². The first-order chi connectivity index (χ1) is 7.63. The van der Waals surface area contributed by atoms with Gasteiger partial charge in [-0.05, 0) is 31.4 Å². The van der Waals surface area contributed by atoms with Crippen LogP contribution in [0.5, 0.6) is 0 Å². The molecule has 1 aromatic rings. The summed E-state index contributed by atoms with van der Waals surface area (Å²) in [5, 5.41) is 2.85. The van der Waals surface area contributed by atoms with Crippen LogP contribution in [0.15, 0.2) is 24.3 Å². The number of hydrogen-bond acceptors (Lipinski definition) is 1. The van der Waals surface area contributed by atoms with E-state index in [1.54, 1.807) is 0 Å². The highest BCUT2D eigenvalue weighted by Gasteiger charge is 2.06. The Labute approximate surface area is 102 Å². The number of alkyl halides is 1. The maximum atomic E-state index is 11.5. The number of aryl methyl sites for hydroxylation is 2. The van der Waals surface area contributed by atoms with Gasteiger partial charge in [-0.15, -0.1) is 11.6 Å². The first-order valence-corrected chi connectivity index (χ1v) is 6.06. The number of carbonyl (C=O) groups excluding carboxylic acids is 1. The third-order valence-electron chi connectivity index (χ3n) is 2.52. The van der Waals surface area contributed by atoms with Crippen molar-refractivity contribution >= 4 is 17.5 Å². The van der Waals surface area contributed by atoms with Crippen LogP contribution < -0.4 is 5.32 Å². The molecule has 0 aromatic heterocycles. The van der Waals surface area contributed by atoms with Gasteiger partial charge in [0.1, 0.15) is 0 Å². The fraction of sp³-hybridized carbons (Fsp3) is 0.462. The Hall–Kier alpha value is -1.02. The minimum Gasteiger partial charge on any atom is -0.352 e. The van der Waals surface area contributed by atoms with Crippen LogP contribution in [0.25, 0.3) is 0 Å². The zero-order valence-electron chi connectivity index (χ0n) is 9.79. The molecule has 16 heavy (non-hydrogen) atoms. The minimum absolute atomic E-state index is 0.0473. The lowest BCUT2D eigenvalue weighted by atomic mass is 10.0. The molecular weight excluding hydrogens is 222 g/mol. The first kappa shape index (κ1) is 13.0. The van der Waals surface area contributed by atoms with Crippen LogP contribution in [-0.4, -0.2) is 17.8 Å². The molecule has 0 spiro atoms. The molecular formula is C13H18ClNO. The third kappa shape index (κ3) is 4.23. The van der Waals surface area contributed by atoms with Crippen LogP contribution in [-0.2, 0) is 11.2 Å². The van der Waals surface area contributed by atoms with Crippen molar-refractivity contribution < 1.29 is 4.79 Å². The van der Waals surface area contributed by atoms with Crippen LogP contribution in [0.2, 0.25) is 0 Å². The Bertz CT molecular complexity index is 352. The predicted octanol–water partition coefficient (Wildman–Crippen LogP) is 2.67. The molecule has 0 saturated carbocycles. The van der Waals surface area contributed by atoms with Gasteiger partial charge in [0.05, 0.1) is 0 Å². The zero-order valence-corrected chi connectivity index (χ0v) is 10.6. The Kier molecular flexibility index (Phi) is 5.33. The van der Waals surface area contributed by atoms with E-state index in [9.17, 15) is 4.79 Å². The predicted molar refractivity (Wildman–Crippen MR) is 67.8 cm³/mol. The summed E-state index contributed by atoms with van der Waals surface area (Å²) in [6.07, 6.45) is 1.31. The molecule has 0 bridgehead atoms. The maximum Gasteiger partial charge on any atom is 0.220 e. The molecule has 1 rings (SSSR count). The number of amides is 1. The molecule has 1 atom stereocenters. The number of rotatable bonds is 5. The van der Waals surface area contributed by atoms with Gasteiger partial charge in [0.15, 0.2) is 0 Å². The number of nitrogens with one attached hydrogen (secondary N) is 1. The topological polar surface area (TPSA) is 29.1 Å². The second-order valence-electron chi connectivity index (χ2n) is 4.05. The van der Waals surface area contributed by atoms with Crippen LogP contribution in [0.3, 0.4) is 0 Å². The van der Waals surface area contributed by atoms with Crippen molar-refractivity contribution in [2.75, 3.05) is 5.88 Å². The molecule has 3 heteroatoms. The van der Waals surface area contributed by atoms with Crippen LogP contribution in [0, 0.1) is 6.92 Å². The monoisotopic (exact) mass is 239 g/mol. The minimum atomic E-state index is 0.0473. The summed E-state index contributed by atoms with van der Waals surface area (Å²) < 4.78 is 0. The summed E-state index contributed by atoms with van der Waals surface area (Å²) in [7, 11) is 0. The van der Waals surface area contributed by atoms with Gasteiger partial charge in [0.25, 0.3) is 0 Å². The zero-order chi connectivity index (χ0) is 12.0. The fourth-order valence-electron chi connectivity index (χ4n) is 1.52. The van der Waals surface area contributed by atoms with Gasteiger partial charge in [-0.2, -0.15) is 0 Å². The lowest BCUT2D eigenvalue weighted by molar-refractivity contribution is -0.121. The summed E-state index contributed by atoms with van der Waals surface area (Å²) in [6.45, 7) is 3.97. The standard InChI is InChI=1S/C13H18ClNO/c1-10-5-3-4-6-12(10)7-8-13(16)15-11(2)9-14/h3-6,11H,7-9H2,1-2H3,(H,15,16). The van der Waals surface area contributed by atoms with Crippen molar-refractivity contribution in [3.63, 3.8) is 0 Å². The van der Waals surface area contributed by atoms with Crippen LogP contribution in [0.4, 0.5) is 0 Å². The number of benzene rings is 1. The van der Waals surface area contributed by atoms with Gasteiger partial charge >= 0.3 is 0 Å². The second-order valence-corrected chi connectivity index (χ2v) is 4.36. The normalized spacial score (nSPS) is 12.2. The molecule has 88 valence electrons. The molecule has 0 fully saturated rings. The highest BCUT2D eigenvalue weighted by Crippen LogP contribution is 2.09. The Morgan fingerprint density at radius 3 is 2.75 bits per heavy atom. The fourth-order valence-corrected chi connectivity index (χ4v) is 1.60. The highest BCUT2D eigenvalue weighted by molar-refractivity contribution is 6.18. The summed E-state index contributed by atoms with van der Waals surface area (Å²) in [5.74, 6) is 0.521. The summed E-state index contributed by atoms with van der Waals surface area (Å²) >= 11 is 5.62. The molecule has 1 aromatic carbocycles. The lowest BCUT2D eigenvalue weighted by Gasteiger charge is -2.10. The maximum absolute atomic E-state index is 11.5. The smallest absolute Gasteiger partial charge is 0.220 e. The molecule has 0 radical (unpaired) electrons. The summed E-state index contributed by atoms with van der Waals surface area (Å²) in [4.78, 5) is 11.5. The number of hydrogen-bond donors (Lipinski definition) is 1. The first-order valence-electron chi connectivity index (χ1n) is 5.53. The van der Waals surface area contributed by atoms with Crippen molar-refractivity contribution in [1.29, 1.82) is 0 Å². The average molecular weight is 240 g/mol. The van der Waals surface area contributed by atoms with Crippen molar-refractivity contribution in [2.45, 2.75) is 32.7 Å². The Balaban J connectivity index is 2.40. The average Bonchev–Trinajstić information content (AvgIpc) is 2.28. The van der Waals surface area contributed by atoms with E-state index in [2.05, 4.69) is 24.4 Å². The van der Waals surface area contributed by atoms with Crippen molar-refractivity contribution in [3.05, 3.63) is 35.4 Å². The summed E-state index contributed by atoms with van der Waals surface area (Å²) in [6, 6.07) is 8.18. The summed E-state index contributed by atoms with van der Waals surface area (Å²) in [5.41, 5.74) is 2.47. The molecule has 0 aliphatic rings. The van der Waals surface area contributed by atoms with E-state index < -0.39 is 0 Å². The number of carbonyl (C=O) groups is 1. The molecule has 0 aliphatic heterocycles. The molecule has 0 saturated heterocycles. The lowest BCUT2D eigenvalue weighted by Crippen LogP contribution is -2.33. The quantitative estimate of drug-likeness (QED) is 0.787. The van der Waals surface area contributed by atoms with Gasteiger partial charge < -0.3 is 5.32 Å². The van der Waals surface area contributed by atoms with E-state index in [1.165, 1.54) is 11.1 Å². The van der Waals surface area contributed by atoms with Gasteiger partial charge in [-0.1, -0.05) is 24.3 Å². The van der Waals surface area contributed by atoms with E-state index in [-0.39, 0.29) is 11.9 Å². The van der Waals surface area contributed by atoms with E-state index in [1.807, 2.05) is 19.1 Å². The van der Waals surface area contributed by atoms with Gasteiger partial charge in [-0.25, -0.2) is 0 Å². The van der Waals surface area contributed by atoms with Gasteiger partial charge in [0.2, 0.25) is 5.91 Å². The molecule has 1 amide bonds. The van der Waals surface area contributed by atoms with E-state index >= 15 is 0 Å². The Morgan fingerprint density at radius 2 is 2.12 bits per heavy atom. The molecule has 1 unspecified atom stereocenters. The molecule has 0 aliphatic carbocycles. The van der Waals surface area contributed by atoms with Crippen LogP contribution >= 0.6 is 11.6 Å². The molecule has 1 N–H and O–H groups in total. The van der Waals surface area contributed by atoms with Gasteiger partial charge in [-0.3, -0.25) is 4.79 Å².